The van der Waals surface area contributed by atoms with Crippen LogP contribution in [0.4, 0.5) is 0 Å². The summed E-state index contributed by atoms with van der Waals surface area (Å²) in [6, 6.07) is 4.12. The molecule has 1 atom stereocenters. The Morgan fingerprint density at radius 2 is 2.31 bits per heavy atom. The van der Waals surface area contributed by atoms with Crippen LogP contribution in [0.25, 0.3) is 0 Å². The molecule has 16 heavy (non-hydrogen) atoms. The van der Waals surface area contributed by atoms with Gasteiger partial charge in [0, 0.05) is 19.8 Å². The zero-order valence-corrected chi connectivity index (χ0v) is 10.2. The van der Waals surface area contributed by atoms with Crippen molar-refractivity contribution in [1.82, 2.24) is 9.88 Å². The largest absolute Gasteiger partial charge is 0.342 e. The Morgan fingerprint density at radius 3 is 2.81 bits per heavy atom. The van der Waals surface area contributed by atoms with Gasteiger partial charge >= 0.3 is 0 Å². The number of nitriles is 1. The third-order valence-corrected chi connectivity index (χ3v) is 3.61. The molecule has 3 nitrogen and oxygen atoms in total. The highest BCUT2D eigenvalue weighted by atomic mass is 14.9. The Kier molecular flexibility index (Phi) is 2.77. The van der Waals surface area contributed by atoms with E-state index < -0.39 is 0 Å². The van der Waals surface area contributed by atoms with Crippen LogP contribution in [0.2, 0.25) is 0 Å². The first kappa shape index (κ1) is 11.2. The van der Waals surface area contributed by atoms with E-state index in [9.17, 15) is 0 Å². The van der Waals surface area contributed by atoms with E-state index >= 15 is 0 Å². The van der Waals surface area contributed by atoms with E-state index in [1.54, 1.807) is 0 Å². The van der Waals surface area contributed by atoms with E-state index in [0.29, 0.717) is 5.41 Å². The van der Waals surface area contributed by atoms with Crippen LogP contribution in [-0.4, -0.2) is 11.1 Å². The molecule has 3 heteroatoms. The quantitative estimate of drug-likeness (QED) is 0.838. The van der Waals surface area contributed by atoms with E-state index in [-0.39, 0.29) is 0 Å². The predicted molar refractivity (Wildman–Crippen MR) is 63.7 cm³/mol. The van der Waals surface area contributed by atoms with Crippen molar-refractivity contribution in [2.75, 3.05) is 6.54 Å². The van der Waals surface area contributed by atoms with Crippen LogP contribution < -0.4 is 5.32 Å². The first-order valence-electron chi connectivity index (χ1n) is 5.79. The molecule has 2 rings (SSSR count). The minimum Gasteiger partial charge on any atom is -0.342 e. The summed E-state index contributed by atoms with van der Waals surface area (Å²) in [4.78, 5) is 0. The third kappa shape index (κ3) is 2.28. The van der Waals surface area contributed by atoms with Gasteiger partial charge in [-0.05, 0) is 35.9 Å². The standard InChI is InChI=1S/C13H19N3/c1-13(2)5-11(13)8-15-7-10-4-12(6-14)16(3)9-10/h4,9,11,15H,5,7-8H2,1-3H3. The van der Waals surface area contributed by atoms with E-state index in [2.05, 4.69) is 25.2 Å². The third-order valence-electron chi connectivity index (χ3n) is 3.61. The average molecular weight is 217 g/mol. The molecular formula is C13H19N3. The lowest BCUT2D eigenvalue weighted by molar-refractivity contribution is 0.519. The Morgan fingerprint density at radius 1 is 1.62 bits per heavy atom. The van der Waals surface area contributed by atoms with E-state index in [4.69, 9.17) is 5.26 Å². The lowest BCUT2D eigenvalue weighted by Gasteiger charge is -2.04. The molecule has 0 spiro atoms. The van der Waals surface area contributed by atoms with Gasteiger partial charge in [-0.1, -0.05) is 13.8 Å². The molecule has 0 amide bonds. The lowest BCUT2D eigenvalue weighted by Crippen LogP contribution is -2.17. The molecule has 1 aliphatic rings. The highest BCUT2D eigenvalue weighted by Crippen LogP contribution is 2.50. The van der Waals surface area contributed by atoms with Crippen molar-refractivity contribution in [3.8, 4) is 6.07 Å². The Balaban J connectivity index is 1.80. The summed E-state index contributed by atoms with van der Waals surface area (Å²) in [5.41, 5.74) is 2.46. The van der Waals surface area contributed by atoms with Crippen molar-refractivity contribution in [2.45, 2.75) is 26.8 Å². The van der Waals surface area contributed by atoms with Gasteiger partial charge < -0.3 is 9.88 Å². The van der Waals surface area contributed by atoms with Crippen LogP contribution in [0.3, 0.4) is 0 Å². The molecule has 1 aromatic rings. The van der Waals surface area contributed by atoms with Crippen LogP contribution in [0.5, 0.6) is 0 Å². The van der Waals surface area contributed by atoms with Crippen LogP contribution in [0, 0.1) is 22.7 Å². The summed E-state index contributed by atoms with van der Waals surface area (Å²) in [5.74, 6) is 0.826. The smallest absolute Gasteiger partial charge is 0.120 e. The fraction of sp³-hybridized carbons (Fsp3) is 0.615. The van der Waals surface area contributed by atoms with Gasteiger partial charge in [0.15, 0.2) is 0 Å². The summed E-state index contributed by atoms with van der Waals surface area (Å²) in [6.07, 6.45) is 3.35. The van der Waals surface area contributed by atoms with Gasteiger partial charge in [-0.3, -0.25) is 0 Å². The second-order valence-corrected chi connectivity index (χ2v) is 5.48. The Hall–Kier alpha value is -1.27. The van der Waals surface area contributed by atoms with Crippen LogP contribution in [0.15, 0.2) is 12.3 Å². The van der Waals surface area contributed by atoms with Gasteiger partial charge in [-0.2, -0.15) is 5.26 Å². The van der Waals surface area contributed by atoms with Crippen LogP contribution >= 0.6 is 0 Å². The van der Waals surface area contributed by atoms with E-state index in [1.807, 2.05) is 23.9 Å². The molecule has 1 N–H and O–H groups in total. The number of aryl methyl sites for hydroxylation is 1. The Labute approximate surface area is 97.1 Å². The average Bonchev–Trinajstić information content (AvgIpc) is 2.67. The monoisotopic (exact) mass is 217 g/mol. The lowest BCUT2D eigenvalue weighted by atomic mass is 10.1. The number of hydrogen-bond acceptors (Lipinski definition) is 2. The molecule has 0 aromatic carbocycles. The number of rotatable bonds is 4. The highest BCUT2D eigenvalue weighted by Gasteiger charge is 2.44. The second-order valence-electron chi connectivity index (χ2n) is 5.48. The van der Waals surface area contributed by atoms with Crippen molar-refractivity contribution in [3.63, 3.8) is 0 Å². The molecular weight excluding hydrogens is 198 g/mol. The zero-order valence-electron chi connectivity index (χ0n) is 10.2. The van der Waals surface area contributed by atoms with Gasteiger partial charge in [-0.25, -0.2) is 0 Å². The molecule has 0 aliphatic heterocycles. The van der Waals surface area contributed by atoms with Gasteiger partial charge in [0.2, 0.25) is 0 Å². The number of nitrogens with zero attached hydrogens (tertiary/aromatic N) is 2. The fourth-order valence-electron chi connectivity index (χ4n) is 2.16. The SMILES string of the molecule is Cn1cc(CNCC2CC2(C)C)cc1C#N. The van der Waals surface area contributed by atoms with E-state index in [1.165, 1.54) is 12.0 Å². The molecule has 0 radical (unpaired) electrons. The van der Waals surface area contributed by atoms with Crippen LogP contribution in [-0.2, 0) is 13.6 Å². The molecule has 1 saturated carbocycles. The van der Waals surface area contributed by atoms with Gasteiger partial charge in [-0.15, -0.1) is 0 Å². The fourth-order valence-corrected chi connectivity index (χ4v) is 2.16. The predicted octanol–water partition coefficient (Wildman–Crippen LogP) is 2.03. The summed E-state index contributed by atoms with van der Waals surface area (Å²) in [6.45, 7) is 6.58. The van der Waals surface area contributed by atoms with E-state index in [0.717, 1.165) is 24.7 Å². The molecule has 0 saturated heterocycles. The van der Waals surface area contributed by atoms with Gasteiger partial charge in [0.1, 0.15) is 11.8 Å². The molecule has 1 aromatic heterocycles. The first-order chi connectivity index (χ1) is 7.53. The molecule has 1 aliphatic carbocycles. The minimum atomic E-state index is 0.543. The zero-order chi connectivity index (χ0) is 11.8. The molecule has 1 heterocycles. The maximum Gasteiger partial charge on any atom is 0.120 e. The van der Waals surface area contributed by atoms with Crippen molar-refractivity contribution in [1.29, 1.82) is 5.26 Å². The van der Waals surface area contributed by atoms with Crippen molar-refractivity contribution in [3.05, 3.63) is 23.5 Å². The second kappa shape index (κ2) is 3.95. The number of nitrogens with one attached hydrogen (secondary N) is 1. The Bertz CT molecular complexity index is 423. The topological polar surface area (TPSA) is 40.8 Å². The normalized spacial score (nSPS) is 21.8. The van der Waals surface area contributed by atoms with Crippen molar-refractivity contribution >= 4 is 0 Å². The minimum absolute atomic E-state index is 0.543. The van der Waals surface area contributed by atoms with Crippen molar-refractivity contribution in [2.24, 2.45) is 18.4 Å². The molecule has 0 bridgehead atoms. The van der Waals surface area contributed by atoms with Crippen molar-refractivity contribution < 1.29 is 0 Å². The molecule has 1 fully saturated rings. The highest BCUT2D eigenvalue weighted by molar-refractivity contribution is 5.28. The molecule has 86 valence electrons. The first-order valence-corrected chi connectivity index (χ1v) is 5.79. The summed E-state index contributed by atoms with van der Waals surface area (Å²) >= 11 is 0. The molecule has 1 unspecified atom stereocenters. The summed E-state index contributed by atoms with van der Waals surface area (Å²) in [5, 5.41) is 12.3. The maximum absolute atomic E-state index is 8.83. The van der Waals surface area contributed by atoms with Gasteiger partial charge in [0.05, 0.1) is 0 Å². The summed E-state index contributed by atoms with van der Waals surface area (Å²) < 4.78 is 1.87. The van der Waals surface area contributed by atoms with Gasteiger partial charge in [0.25, 0.3) is 0 Å². The number of hydrogen-bond donors (Lipinski definition) is 1. The summed E-state index contributed by atoms with van der Waals surface area (Å²) in [7, 11) is 1.91. The number of aromatic nitrogens is 1. The van der Waals surface area contributed by atoms with Crippen LogP contribution in [0.1, 0.15) is 31.5 Å². The maximum atomic E-state index is 8.83.